The van der Waals surface area contributed by atoms with Crippen molar-refractivity contribution in [3.8, 4) is 0 Å². The van der Waals surface area contributed by atoms with E-state index >= 15 is 0 Å². The van der Waals surface area contributed by atoms with Crippen molar-refractivity contribution >= 4 is 5.69 Å². The first-order valence-corrected chi connectivity index (χ1v) is 2.20. The van der Waals surface area contributed by atoms with Gasteiger partial charge in [-0.15, -0.1) is 0 Å². The predicted molar refractivity (Wildman–Crippen MR) is 39.5 cm³/mol. The Bertz CT molecular complexity index is 141. The Kier molecular flexibility index (Phi) is 6.12. The number of benzene rings is 1. The molecule has 0 unspecified atom stereocenters. The fraction of sp³-hybridized carbons (Fsp3) is 0. The fourth-order valence-corrected chi connectivity index (χ4v) is 0.453. The monoisotopic (exact) mass is 128 g/mol. The van der Waals surface area contributed by atoms with Gasteiger partial charge in [0.05, 0.1) is 0 Å². The molecule has 0 saturated heterocycles. The van der Waals surface area contributed by atoms with Gasteiger partial charge in [0, 0.05) is 5.69 Å². The molecule has 0 bridgehead atoms. The zero-order valence-corrected chi connectivity index (χ0v) is 5.17. The highest BCUT2D eigenvalue weighted by Crippen LogP contribution is 1.95. The van der Waals surface area contributed by atoms with Crippen molar-refractivity contribution < 1.29 is 5.48 Å². The minimum atomic E-state index is 0. The summed E-state index contributed by atoms with van der Waals surface area (Å²) in [5, 5.41) is 0. The lowest BCUT2D eigenvalue weighted by Crippen LogP contribution is -1.79. The van der Waals surface area contributed by atoms with Crippen LogP contribution in [-0.2, 0) is 0 Å². The molecule has 1 rings (SSSR count). The average molecular weight is 128 g/mol. The van der Waals surface area contributed by atoms with Gasteiger partial charge in [0.1, 0.15) is 0 Å². The number of anilines is 1. The number of nitrogens with two attached hydrogens (primary N) is 1. The molecule has 1 aromatic carbocycles. The molecule has 0 spiro atoms. The number of para-hydroxylation sites is 1. The van der Waals surface area contributed by atoms with Gasteiger partial charge in [0.25, 0.3) is 0 Å². The Morgan fingerprint density at radius 1 is 1.00 bits per heavy atom. The Balaban J connectivity index is 0. The van der Waals surface area contributed by atoms with E-state index < -0.39 is 0 Å². The minimum Gasteiger partial charge on any atom is -0.412 e. The van der Waals surface area contributed by atoms with Crippen LogP contribution in [0.3, 0.4) is 0 Å². The molecule has 3 heteroatoms. The van der Waals surface area contributed by atoms with Crippen molar-refractivity contribution in [2.24, 2.45) is 0 Å². The lowest BCUT2D eigenvalue weighted by molar-refractivity contribution is 0.824. The smallest absolute Gasteiger partial charge is 0.0313 e. The molecule has 0 aliphatic rings. The summed E-state index contributed by atoms with van der Waals surface area (Å²) in [5.74, 6) is 0. The van der Waals surface area contributed by atoms with Crippen LogP contribution in [0.1, 0.15) is 0 Å². The highest BCUT2D eigenvalue weighted by atomic mass is 16.0. The topological polar surface area (TPSA) is 92.5 Å². The van der Waals surface area contributed by atoms with Crippen LogP contribution in [0.2, 0.25) is 0 Å². The highest BCUT2D eigenvalue weighted by molar-refractivity contribution is 5.35. The van der Waals surface area contributed by atoms with Gasteiger partial charge >= 0.3 is 0 Å². The first-order chi connectivity index (χ1) is 3.39. The molecular weight excluding hydrogens is 116 g/mol. The molecule has 0 amide bonds. The second kappa shape index (κ2) is 5.08. The molecular formula is C6H12N2O. The van der Waals surface area contributed by atoms with E-state index in [1.807, 2.05) is 30.3 Å². The van der Waals surface area contributed by atoms with Gasteiger partial charge in [-0.25, -0.2) is 0 Å². The molecule has 7 N–H and O–H groups in total. The van der Waals surface area contributed by atoms with E-state index in [0.717, 1.165) is 5.69 Å². The molecule has 1 aromatic rings. The summed E-state index contributed by atoms with van der Waals surface area (Å²) in [4.78, 5) is 0. The van der Waals surface area contributed by atoms with Gasteiger partial charge < -0.3 is 17.4 Å². The van der Waals surface area contributed by atoms with E-state index in [2.05, 4.69) is 0 Å². The number of nitrogen functional groups attached to an aromatic ring is 1. The minimum absolute atomic E-state index is 0. The van der Waals surface area contributed by atoms with Crippen molar-refractivity contribution in [1.82, 2.24) is 6.15 Å². The zero-order valence-electron chi connectivity index (χ0n) is 5.17. The molecule has 52 valence electrons. The molecule has 0 radical (unpaired) electrons. The second-order valence-corrected chi connectivity index (χ2v) is 1.41. The van der Waals surface area contributed by atoms with Crippen molar-refractivity contribution in [1.29, 1.82) is 0 Å². The van der Waals surface area contributed by atoms with Crippen molar-refractivity contribution in [2.75, 3.05) is 5.73 Å². The Morgan fingerprint density at radius 3 is 1.67 bits per heavy atom. The van der Waals surface area contributed by atoms with Gasteiger partial charge in [-0.1, -0.05) is 18.2 Å². The maximum Gasteiger partial charge on any atom is 0.0313 e. The summed E-state index contributed by atoms with van der Waals surface area (Å²) in [6, 6.07) is 9.49. The zero-order chi connectivity index (χ0) is 5.11. The Morgan fingerprint density at radius 2 is 1.44 bits per heavy atom. The third kappa shape index (κ3) is 3.52. The summed E-state index contributed by atoms with van der Waals surface area (Å²) >= 11 is 0. The molecule has 0 saturated carbocycles. The first-order valence-electron chi connectivity index (χ1n) is 2.20. The molecule has 0 aliphatic heterocycles. The van der Waals surface area contributed by atoms with E-state index in [4.69, 9.17) is 5.73 Å². The third-order valence-corrected chi connectivity index (χ3v) is 0.800. The Hall–Kier alpha value is -1.06. The number of hydrogen-bond acceptors (Lipinski definition) is 2. The first kappa shape index (κ1) is 10.8. The molecule has 0 aromatic heterocycles. The highest BCUT2D eigenvalue weighted by Gasteiger charge is 1.72. The third-order valence-electron chi connectivity index (χ3n) is 0.800. The maximum atomic E-state index is 5.36. The van der Waals surface area contributed by atoms with Crippen molar-refractivity contribution in [2.45, 2.75) is 0 Å². The van der Waals surface area contributed by atoms with Crippen LogP contribution in [-0.4, -0.2) is 5.48 Å². The van der Waals surface area contributed by atoms with Crippen LogP contribution in [0.5, 0.6) is 0 Å². The van der Waals surface area contributed by atoms with E-state index in [1.54, 1.807) is 0 Å². The summed E-state index contributed by atoms with van der Waals surface area (Å²) in [5.41, 5.74) is 6.18. The van der Waals surface area contributed by atoms with Crippen LogP contribution < -0.4 is 11.9 Å². The van der Waals surface area contributed by atoms with E-state index in [-0.39, 0.29) is 11.6 Å². The lowest BCUT2D eigenvalue weighted by atomic mass is 10.3. The van der Waals surface area contributed by atoms with Gasteiger partial charge in [-0.05, 0) is 12.1 Å². The van der Waals surface area contributed by atoms with Crippen molar-refractivity contribution in [3.63, 3.8) is 0 Å². The Labute approximate surface area is 54.4 Å². The SMILES string of the molecule is N.Nc1ccccc1.O. The van der Waals surface area contributed by atoms with Crippen LogP contribution >= 0.6 is 0 Å². The van der Waals surface area contributed by atoms with Crippen molar-refractivity contribution in [3.05, 3.63) is 30.3 Å². The predicted octanol–water partition coefficient (Wildman–Crippen LogP) is 0.606. The molecule has 0 aliphatic carbocycles. The van der Waals surface area contributed by atoms with Gasteiger partial charge in [0.2, 0.25) is 0 Å². The second-order valence-electron chi connectivity index (χ2n) is 1.41. The summed E-state index contributed by atoms with van der Waals surface area (Å²) in [6.07, 6.45) is 0. The van der Waals surface area contributed by atoms with Gasteiger partial charge in [-0.2, -0.15) is 0 Å². The largest absolute Gasteiger partial charge is 0.412 e. The standard InChI is InChI=1S/C6H7N.H3N.H2O/c7-6-4-2-1-3-5-6;;/h1-5H,7H2;1H3;1H2. The van der Waals surface area contributed by atoms with Crippen LogP contribution in [0.15, 0.2) is 30.3 Å². The lowest BCUT2D eigenvalue weighted by Gasteiger charge is -1.83. The molecule has 9 heavy (non-hydrogen) atoms. The van der Waals surface area contributed by atoms with E-state index in [1.165, 1.54) is 0 Å². The van der Waals surface area contributed by atoms with Crippen LogP contribution in [0.25, 0.3) is 0 Å². The quantitative estimate of drug-likeness (QED) is 0.501. The van der Waals surface area contributed by atoms with Crippen LogP contribution in [0.4, 0.5) is 5.69 Å². The maximum absolute atomic E-state index is 5.36. The molecule has 0 atom stereocenters. The molecule has 3 nitrogen and oxygen atoms in total. The molecule has 0 heterocycles. The summed E-state index contributed by atoms with van der Waals surface area (Å²) < 4.78 is 0. The van der Waals surface area contributed by atoms with E-state index in [0.29, 0.717) is 0 Å². The van der Waals surface area contributed by atoms with Gasteiger partial charge in [0.15, 0.2) is 0 Å². The average Bonchev–Trinajstić information content (AvgIpc) is 1.69. The molecule has 0 fully saturated rings. The fourth-order valence-electron chi connectivity index (χ4n) is 0.453. The van der Waals surface area contributed by atoms with Gasteiger partial charge in [-0.3, -0.25) is 0 Å². The van der Waals surface area contributed by atoms with Crippen LogP contribution in [0, 0.1) is 0 Å². The summed E-state index contributed by atoms with van der Waals surface area (Å²) in [6.45, 7) is 0. The summed E-state index contributed by atoms with van der Waals surface area (Å²) in [7, 11) is 0. The normalized spacial score (nSPS) is 6.67. The number of hydrogen-bond donors (Lipinski definition) is 2. The van der Waals surface area contributed by atoms with E-state index in [9.17, 15) is 0 Å². The number of rotatable bonds is 0.